The standard InChI is InChI=1S/C23H25N3O/c1-5-22(21-11-6-7-14-24-21)26(4)23(27)19-10-8-9-18(15-19)20-13-12-16(2)25-17(20)3/h6-15,22H,5H2,1-4H3/t22-/m1/s1. The van der Waals surface area contributed by atoms with Crippen molar-refractivity contribution in [2.45, 2.75) is 33.2 Å². The molecule has 0 unspecified atom stereocenters. The number of pyridine rings is 2. The van der Waals surface area contributed by atoms with E-state index in [0.29, 0.717) is 5.56 Å². The highest BCUT2D eigenvalue weighted by atomic mass is 16.2. The van der Waals surface area contributed by atoms with Crippen molar-refractivity contribution < 1.29 is 4.79 Å². The van der Waals surface area contributed by atoms with Gasteiger partial charge in [-0.3, -0.25) is 14.8 Å². The second-order valence-corrected chi connectivity index (χ2v) is 6.76. The van der Waals surface area contributed by atoms with Gasteiger partial charge in [0.2, 0.25) is 0 Å². The highest BCUT2D eigenvalue weighted by Gasteiger charge is 2.22. The number of rotatable bonds is 5. The Bertz CT molecular complexity index is 937. The van der Waals surface area contributed by atoms with Crippen molar-refractivity contribution in [1.29, 1.82) is 0 Å². The zero-order chi connectivity index (χ0) is 19.4. The SMILES string of the molecule is CC[C@H](c1ccccn1)N(C)C(=O)c1cccc(-c2ccc(C)nc2C)c1. The molecular formula is C23H25N3O. The fourth-order valence-electron chi connectivity index (χ4n) is 3.41. The Hall–Kier alpha value is -3.01. The molecule has 0 saturated heterocycles. The summed E-state index contributed by atoms with van der Waals surface area (Å²) in [5.41, 5.74) is 5.59. The smallest absolute Gasteiger partial charge is 0.254 e. The maximum Gasteiger partial charge on any atom is 0.254 e. The minimum atomic E-state index is -0.0508. The van der Waals surface area contributed by atoms with Crippen molar-refractivity contribution in [2.24, 2.45) is 0 Å². The lowest BCUT2D eigenvalue weighted by Gasteiger charge is -2.27. The van der Waals surface area contributed by atoms with Gasteiger partial charge >= 0.3 is 0 Å². The van der Waals surface area contributed by atoms with Gasteiger partial charge in [-0.15, -0.1) is 0 Å². The topological polar surface area (TPSA) is 46.1 Å². The van der Waals surface area contributed by atoms with E-state index in [1.165, 1.54) is 0 Å². The average Bonchev–Trinajstić information content (AvgIpc) is 2.69. The van der Waals surface area contributed by atoms with Crippen LogP contribution in [0.2, 0.25) is 0 Å². The third kappa shape index (κ3) is 4.05. The summed E-state index contributed by atoms with van der Waals surface area (Å²) < 4.78 is 0. The molecule has 3 aromatic rings. The Morgan fingerprint density at radius 2 is 1.89 bits per heavy atom. The fourth-order valence-corrected chi connectivity index (χ4v) is 3.41. The molecule has 1 atom stereocenters. The lowest BCUT2D eigenvalue weighted by Crippen LogP contribution is -2.31. The van der Waals surface area contributed by atoms with Crippen LogP contribution in [-0.4, -0.2) is 27.8 Å². The average molecular weight is 359 g/mol. The Kier molecular flexibility index (Phi) is 5.65. The number of hydrogen-bond donors (Lipinski definition) is 0. The normalized spacial score (nSPS) is 11.9. The first-order valence-corrected chi connectivity index (χ1v) is 9.24. The molecule has 138 valence electrons. The number of benzene rings is 1. The van der Waals surface area contributed by atoms with Gasteiger partial charge in [0.1, 0.15) is 0 Å². The van der Waals surface area contributed by atoms with E-state index < -0.39 is 0 Å². The summed E-state index contributed by atoms with van der Waals surface area (Å²) in [6, 6.07) is 17.6. The molecule has 1 amide bonds. The van der Waals surface area contributed by atoms with Gasteiger partial charge in [-0.2, -0.15) is 0 Å². The van der Waals surface area contributed by atoms with Crippen LogP contribution >= 0.6 is 0 Å². The quantitative estimate of drug-likeness (QED) is 0.645. The molecule has 27 heavy (non-hydrogen) atoms. The van der Waals surface area contributed by atoms with E-state index in [-0.39, 0.29) is 11.9 Å². The van der Waals surface area contributed by atoms with Crippen LogP contribution in [-0.2, 0) is 0 Å². The van der Waals surface area contributed by atoms with E-state index in [1.807, 2.05) is 69.4 Å². The first-order chi connectivity index (χ1) is 13.0. The van der Waals surface area contributed by atoms with Crippen molar-refractivity contribution in [3.05, 3.63) is 83.4 Å². The molecule has 2 aromatic heterocycles. The van der Waals surface area contributed by atoms with Crippen molar-refractivity contribution in [3.63, 3.8) is 0 Å². The van der Waals surface area contributed by atoms with E-state index in [9.17, 15) is 4.79 Å². The molecule has 3 rings (SSSR count). The predicted octanol–water partition coefficient (Wildman–Crippen LogP) is 4.98. The summed E-state index contributed by atoms with van der Waals surface area (Å²) in [5, 5.41) is 0. The molecule has 0 spiro atoms. The molecule has 2 heterocycles. The van der Waals surface area contributed by atoms with Crippen molar-refractivity contribution >= 4 is 5.91 Å². The van der Waals surface area contributed by atoms with Crippen LogP contribution in [0, 0.1) is 13.8 Å². The molecule has 0 N–H and O–H groups in total. The first kappa shape index (κ1) is 18.8. The first-order valence-electron chi connectivity index (χ1n) is 9.24. The Morgan fingerprint density at radius 1 is 1.07 bits per heavy atom. The number of amides is 1. The predicted molar refractivity (Wildman–Crippen MR) is 109 cm³/mol. The summed E-state index contributed by atoms with van der Waals surface area (Å²) >= 11 is 0. The largest absolute Gasteiger partial charge is 0.333 e. The molecule has 0 saturated carbocycles. The van der Waals surface area contributed by atoms with Gasteiger partial charge in [-0.05, 0) is 56.2 Å². The lowest BCUT2D eigenvalue weighted by atomic mass is 10.0. The van der Waals surface area contributed by atoms with Gasteiger partial charge in [0, 0.05) is 35.8 Å². The molecule has 4 nitrogen and oxygen atoms in total. The minimum Gasteiger partial charge on any atom is -0.333 e. The van der Waals surface area contributed by atoms with Crippen LogP contribution < -0.4 is 0 Å². The third-order valence-corrected chi connectivity index (χ3v) is 4.85. The summed E-state index contributed by atoms with van der Waals surface area (Å²) in [6.45, 7) is 6.05. The summed E-state index contributed by atoms with van der Waals surface area (Å²) in [4.78, 5) is 23.9. The van der Waals surface area contributed by atoms with Crippen LogP contribution in [0.5, 0.6) is 0 Å². The molecule has 0 bridgehead atoms. The van der Waals surface area contributed by atoms with Crippen LogP contribution in [0.25, 0.3) is 11.1 Å². The van der Waals surface area contributed by atoms with Gasteiger partial charge in [-0.1, -0.05) is 31.2 Å². The summed E-state index contributed by atoms with van der Waals surface area (Å²) in [7, 11) is 1.84. The molecule has 4 heteroatoms. The maximum atomic E-state index is 13.1. The summed E-state index contributed by atoms with van der Waals surface area (Å²) in [5.74, 6) is -0.00734. The summed E-state index contributed by atoms with van der Waals surface area (Å²) in [6.07, 6.45) is 2.57. The molecule has 0 fully saturated rings. The molecular weight excluding hydrogens is 334 g/mol. The second-order valence-electron chi connectivity index (χ2n) is 6.76. The Morgan fingerprint density at radius 3 is 2.56 bits per heavy atom. The minimum absolute atomic E-state index is 0.00734. The van der Waals surface area contributed by atoms with Crippen LogP contribution in [0.15, 0.2) is 60.8 Å². The van der Waals surface area contributed by atoms with Crippen LogP contribution in [0.4, 0.5) is 0 Å². The molecule has 1 aromatic carbocycles. The molecule has 0 radical (unpaired) electrons. The van der Waals surface area contributed by atoms with E-state index in [4.69, 9.17) is 0 Å². The zero-order valence-electron chi connectivity index (χ0n) is 16.3. The van der Waals surface area contributed by atoms with Gasteiger partial charge in [-0.25, -0.2) is 0 Å². The van der Waals surface area contributed by atoms with Crippen molar-refractivity contribution in [2.75, 3.05) is 7.05 Å². The zero-order valence-corrected chi connectivity index (χ0v) is 16.3. The van der Waals surface area contributed by atoms with E-state index in [1.54, 1.807) is 11.1 Å². The van der Waals surface area contributed by atoms with E-state index in [2.05, 4.69) is 23.0 Å². The molecule has 0 aliphatic rings. The van der Waals surface area contributed by atoms with Gasteiger partial charge < -0.3 is 4.90 Å². The van der Waals surface area contributed by atoms with Gasteiger partial charge in [0.15, 0.2) is 0 Å². The van der Waals surface area contributed by atoms with Gasteiger partial charge in [0.05, 0.1) is 11.7 Å². The number of aryl methyl sites for hydroxylation is 2. The van der Waals surface area contributed by atoms with E-state index >= 15 is 0 Å². The van der Waals surface area contributed by atoms with Crippen LogP contribution in [0.1, 0.15) is 46.8 Å². The number of carbonyl (C=O) groups is 1. The fraction of sp³-hybridized carbons (Fsp3) is 0.261. The monoisotopic (exact) mass is 359 g/mol. The van der Waals surface area contributed by atoms with Crippen LogP contribution in [0.3, 0.4) is 0 Å². The number of carbonyl (C=O) groups excluding carboxylic acids is 1. The molecule has 0 aliphatic heterocycles. The van der Waals surface area contributed by atoms with E-state index in [0.717, 1.165) is 34.6 Å². The Balaban J connectivity index is 1.91. The van der Waals surface area contributed by atoms with Gasteiger partial charge in [0.25, 0.3) is 5.91 Å². The second kappa shape index (κ2) is 8.12. The van der Waals surface area contributed by atoms with Crippen molar-refractivity contribution in [1.82, 2.24) is 14.9 Å². The highest BCUT2D eigenvalue weighted by Crippen LogP contribution is 2.26. The molecule has 0 aliphatic carbocycles. The lowest BCUT2D eigenvalue weighted by molar-refractivity contribution is 0.0723. The maximum absolute atomic E-state index is 13.1. The third-order valence-electron chi connectivity index (χ3n) is 4.85. The van der Waals surface area contributed by atoms with Crippen molar-refractivity contribution in [3.8, 4) is 11.1 Å². The number of hydrogen-bond acceptors (Lipinski definition) is 3. The number of aromatic nitrogens is 2. The number of nitrogens with zero attached hydrogens (tertiary/aromatic N) is 3. The highest BCUT2D eigenvalue weighted by molar-refractivity contribution is 5.95. The Labute approximate surface area is 160 Å².